The van der Waals surface area contributed by atoms with E-state index in [9.17, 15) is 10.1 Å². The zero-order valence-electron chi connectivity index (χ0n) is 12.1. The largest absolute Gasteiger partial charge is 0.460 e. The third-order valence-electron chi connectivity index (χ3n) is 2.58. The maximum Gasteiger partial charge on any atom is 0.310 e. The molecule has 0 fully saturated rings. The van der Waals surface area contributed by atoms with E-state index in [1.165, 1.54) is 11.0 Å². The molecule has 0 unspecified atom stereocenters. The summed E-state index contributed by atoms with van der Waals surface area (Å²) in [7, 11) is 0. The van der Waals surface area contributed by atoms with E-state index in [1.54, 1.807) is 39.0 Å². The van der Waals surface area contributed by atoms with Crippen molar-refractivity contribution in [3.63, 3.8) is 0 Å². The van der Waals surface area contributed by atoms with Crippen molar-refractivity contribution in [1.29, 1.82) is 5.26 Å². The highest BCUT2D eigenvalue weighted by Crippen LogP contribution is 2.16. The highest BCUT2D eigenvalue weighted by atomic mass is 16.6. The molecule has 2 rings (SSSR count). The first-order valence-electron chi connectivity index (χ1n) is 6.37. The number of hydrogen-bond donors (Lipinski definition) is 0. The van der Waals surface area contributed by atoms with Crippen molar-refractivity contribution in [1.82, 2.24) is 20.2 Å². The molecule has 0 N–H and O–H groups in total. The SMILES string of the molecule is CC(C)(C)OC(=O)Cc1ccc(-n2cnnn2)cc1C#N. The van der Waals surface area contributed by atoms with Crippen LogP contribution in [0.2, 0.25) is 0 Å². The van der Waals surface area contributed by atoms with Crippen LogP contribution in [0.4, 0.5) is 0 Å². The Balaban J connectivity index is 2.22. The molecule has 0 amide bonds. The van der Waals surface area contributed by atoms with Crippen molar-refractivity contribution in [2.45, 2.75) is 32.8 Å². The molecule has 7 heteroatoms. The molecule has 7 nitrogen and oxygen atoms in total. The van der Waals surface area contributed by atoms with Crippen molar-refractivity contribution in [2.24, 2.45) is 0 Å². The van der Waals surface area contributed by atoms with Gasteiger partial charge in [-0.3, -0.25) is 4.79 Å². The molecule has 0 aliphatic heterocycles. The predicted octanol–water partition coefficient (Wildman–Crippen LogP) is 1.42. The molecular formula is C14H15N5O2. The zero-order chi connectivity index (χ0) is 15.5. The number of tetrazole rings is 1. The molecule has 0 spiro atoms. The average Bonchev–Trinajstić information content (AvgIpc) is 2.90. The Hall–Kier alpha value is -2.75. The van der Waals surface area contributed by atoms with Crippen molar-refractivity contribution < 1.29 is 9.53 Å². The number of rotatable bonds is 3. The summed E-state index contributed by atoms with van der Waals surface area (Å²) in [4.78, 5) is 11.8. The van der Waals surface area contributed by atoms with Crippen molar-refractivity contribution in [2.75, 3.05) is 0 Å². The van der Waals surface area contributed by atoms with Gasteiger partial charge < -0.3 is 4.74 Å². The fourth-order valence-electron chi connectivity index (χ4n) is 1.78. The number of esters is 1. The third-order valence-corrected chi connectivity index (χ3v) is 2.58. The smallest absolute Gasteiger partial charge is 0.310 e. The molecule has 21 heavy (non-hydrogen) atoms. The minimum atomic E-state index is -0.545. The lowest BCUT2D eigenvalue weighted by molar-refractivity contribution is -0.153. The van der Waals surface area contributed by atoms with Gasteiger partial charge in [0.05, 0.1) is 23.7 Å². The number of nitrogens with zero attached hydrogens (tertiary/aromatic N) is 5. The fourth-order valence-corrected chi connectivity index (χ4v) is 1.78. The highest BCUT2D eigenvalue weighted by molar-refractivity contribution is 5.74. The standard InChI is InChI=1S/C14H15N5O2/c1-14(2,3)21-13(20)7-10-4-5-12(6-11(10)8-15)19-9-16-17-18-19/h4-6,9H,7H2,1-3H3. The van der Waals surface area contributed by atoms with Gasteiger partial charge in [0, 0.05) is 0 Å². The Morgan fingerprint density at radius 2 is 2.19 bits per heavy atom. The van der Waals surface area contributed by atoms with E-state index < -0.39 is 5.60 Å². The van der Waals surface area contributed by atoms with Gasteiger partial charge in [0.2, 0.25) is 0 Å². The third kappa shape index (κ3) is 3.86. The van der Waals surface area contributed by atoms with Crippen molar-refractivity contribution in [3.05, 3.63) is 35.7 Å². The summed E-state index contributed by atoms with van der Waals surface area (Å²) in [6.45, 7) is 5.41. The minimum Gasteiger partial charge on any atom is -0.460 e. The molecule has 1 aromatic carbocycles. The van der Waals surface area contributed by atoms with E-state index in [1.807, 2.05) is 0 Å². The first-order chi connectivity index (χ1) is 9.89. The Morgan fingerprint density at radius 1 is 1.43 bits per heavy atom. The number of aromatic nitrogens is 4. The summed E-state index contributed by atoms with van der Waals surface area (Å²) in [5.74, 6) is -0.367. The molecule has 0 bridgehead atoms. The van der Waals surface area contributed by atoms with Crippen LogP contribution in [0.1, 0.15) is 31.9 Å². The van der Waals surface area contributed by atoms with Crippen LogP contribution < -0.4 is 0 Å². The lowest BCUT2D eigenvalue weighted by atomic mass is 10.0. The van der Waals surface area contributed by atoms with E-state index in [0.717, 1.165) is 0 Å². The summed E-state index contributed by atoms with van der Waals surface area (Å²) < 4.78 is 6.70. The highest BCUT2D eigenvalue weighted by Gasteiger charge is 2.18. The van der Waals surface area contributed by atoms with E-state index in [-0.39, 0.29) is 12.4 Å². The first kappa shape index (κ1) is 14.7. The second kappa shape index (κ2) is 5.71. The summed E-state index contributed by atoms with van der Waals surface area (Å²) in [6.07, 6.45) is 1.49. The molecular weight excluding hydrogens is 270 g/mol. The second-order valence-electron chi connectivity index (χ2n) is 5.47. The van der Waals surface area contributed by atoms with Crippen LogP contribution in [-0.2, 0) is 16.0 Å². The molecule has 0 radical (unpaired) electrons. The van der Waals surface area contributed by atoms with E-state index in [4.69, 9.17) is 4.74 Å². The maximum absolute atomic E-state index is 11.8. The molecule has 0 saturated heterocycles. The molecule has 1 heterocycles. The van der Waals surface area contributed by atoms with Crippen LogP contribution in [-0.4, -0.2) is 31.8 Å². The number of benzene rings is 1. The average molecular weight is 285 g/mol. The van der Waals surface area contributed by atoms with Gasteiger partial charge in [-0.15, -0.1) is 5.10 Å². The monoisotopic (exact) mass is 285 g/mol. The van der Waals surface area contributed by atoms with Gasteiger partial charge in [-0.25, -0.2) is 4.68 Å². The normalized spacial score (nSPS) is 11.0. The number of carbonyl (C=O) groups is 1. The van der Waals surface area contributed by atoms with Gasteiger partial charge in [-0.05, 0) is 48.9 Å². The Kier molecular flexibility index (Phi) is 3.98. The number of hydrogen-bond acceptors (Lipinski definition) is 6. The quantitative estimate of drug-likeness (QED) is 0.792. The first-order valence-corrected chi connectivity index (χ1v) is 6.37. The van der Waals surface area contributed by atoms with E-state index >= 15 is 0 Å². The van der Waals surface area contributed by atoms with Crippen molar-refractivity contribution >= 4 is 5.97 Å². The topological polar surface area (TPSA) is 93.7 Å². The number of nitriles is 1. The molecule has 0 aliphatic carbocycles. The van der Waals surface area contributed by atoms with Crippen LogP contribution >= 0.6 is 0 Å². The van der Waals surface area contributed by atoms with E-state index in [0.29, 0.717) is 16.8 Å². The molecule has 0 aliphatic rings. The van der Waals surface area contributed by atoms with Gasteiger partial charge in [0.25, 0.3) is 0 Å². The predicted molar refractivity (Wildman–Crippen MR) is 73.4 cm³/mol. The summed E-state index contributed by atoms with van der Waals surface area (Å²) in [6, 6.07) is 7.17. The molecule has 1 aromatic heterocycles. The van der Waals surface area contributed by atoms with Gasteiger partial charge in [-0.1, -0.05) is 6.07 Å². The maximum atomic E-state index is 11.8. The summed E-state index contributed by atoms with van der Waals surface area (Å²) in [5.41, 5.74) is 1.12. The fraction of sp³-hybridized carbons (Fsp3) is 0.357. The lowest BCUT2D eigenvalue weighted by Crippen LogP contribution is -2.25. The van der Waals surface area contributed by atoms with Gasteiger partial charge in [0.1, 0.15) is 11.9 Å². The van der Waals surface area contributed by atoms with Crippen LogP contribution in [0, 0.1) is 11.3 Å². The van der Waals surface area contributed by atoms with Crippen LogP contribution in [0.15, 0.2) is 24.5 Å². The van der Waals surface area contributed by atoms with Crippen LogP contribution in [0.3, 0.4) is 0 Å². The number of carbonyl (C=O) groups excluding carboxylic acids is 1. The van der Waals surface area contributed by atoms with Crippen molar-refractivity contribution in [3.8, 4) is 11.8 Å². The molecule has 2 aromatic rings. The number of ether oxygens (including phenoxy) is 1. The lowest BCUT2D eigenvalue weighted by Gasteiger charge is -2.19. The van der Waals surface area contributed by atoms with Gasteiger partial charge >= 0.3 is 5.97 Å². The van der Waals surface area contributed by atoms with Gasteiger partial charge in [-0.2, -0.15) is 5.26 Å². The van der Waals surface area contributed by atoms with Crippen LogP contribution in [0.5, 0.6) is 0 Å². The minimum absolute atomic E-state index is 0.0516. The summed E-state index contributed by atoms with van der Waals surface area (Å²) >= 11 is 0. The van der Waals surface area contributed by atoms with Gasteiger partial charge in [0.15, 0.2) is 0 Å². The molecule has 0 saturated carbocycles. The second-order valence-corrected chi connectivity index (χ2v) is 5.47. The molecule has 0 atom stereocenters. The Morgan fingerprint density at radius 3 is 2.76 bits per heavy atom. The zero-order valence-corrected chi connectivity index (χ0v) is 12.1. The Bertz CT molecular complexity index is 680. The summed E-state index contributed by atoms with van der Waals surface area (Å²) in [5, 5.41) is 20.1. The van der Waals surface area contributed by atoms with E-state index in [2.05, 4.69) is 21.6 Å². The Labute approximate surface area is 122 Å². The van der Waals surface area contributed by atoms with Crippen LogP contribution in [0.25, 0.3) is 5.69 Å². The molecule has 108 valence electrons.